The average molecular weight is 362 g/mol. The Labute approximate surface area is 157 Å². The number of pyridine rings is 1. The van der Waals surface area contributed by atoms with Crippen molar-refractivity contribution in [3.63, 3.8) is 0 Å². The zero-order chi connectivity index (χ0) is 18.6. The normalized spacial score (nSPS) is 15.1. The van der Waals surface area contributed by atoms with Crippen LogP contribution in [-0.4, -0.2) is 37.6 Å². The number of anilines is 1. The van der Waals surface area contributed by atoms with Gasteiger partial charge in [0.25, 0.3) is 5.56 Å². The summed E-state index contributed by atoms with van der Waals surface area (Å²) < 4.78 is 1.72. The van der Waals surface area contributed by atoms with Crippen molar-refractivity contribution in [3.05, 3.63) is 65.4 Å². The molecule has 0 bridgehead atoms. The molecule has 7 nitrogen and oxygen atoms in total. The lowest BCUT2D eigenvalue weighted by Gasteiger charge is -2.33. The highest BCUT2D eigenvalue weighted by molar-refractivity contribution is 5.57. The Morgan fingerprint density at radius 2 is 1.78 bits per heavy atom. The highest BCUT2D eigenvalue weighted by Gasteiger charge is 2.22. The fourth-order valence-electron chi connectivity index (χ4n) is 3.56. The lowest BCUT2D eigenvalue weighted by molar-refractivity contribution is 0.350. The highest BCUT2D eigenvalue weighted by atomic mass is 16.1. The van der Waals surface area contributed by atoms with Gasteiger partial charge < -0.3 is 4.90 Å². The minimum Gasteiger partial charge on any atom is -0.355 e. The first kappa shape index (κ1) is 17.3. The molecule has 0 N–H and O–H groups in total. The van der Waals surface area contributed by atoms with Crippen LogP contribution in [-0.2, 0) is 6.54 Å². The van der Waals surface area contributed by atoms with E-state index in [-0.39, 0.29) is 5.56 Å². The molecule has 27 heavy (non-hydrogen) atoms. The Bertz CT molecular complexity index is 963. The van der Waals surface area contributed by atoms with E-state index in [1.807, 2.05) is 19.1 Å². The van der Waals surface area contributed by atoms with Gasteiger partial charge in [-0.3, -0.25) is 19.3 Å². The average Bonchev–Trinajstić information content (AvgIpc) is 2.71. The highest BCUT2D eigenvalue weighted by Crippen LogP contribution is 2.24. The van der Waals surface area contributed by atoms with E-state index >= 15 is 0 Å². The van der Waals surface area contributed by atoms with Crippen LogP contribution in [0.15, 0.2) is 54.1 Å². The Kier molecular flexibility index (Phi) is 4.91. The van der Waals surface area contributed by atoms with Gasteiger partial charge >= 0.3 is 0 Å². The second-order valence-corrected chi connectivity index (χ2v) is 6.90. The Hall–Kier alpha value is -3.09. The summed E-state index contributed by atoms with van der Waals surface area (Å²) >= 11 is 0. The minimum absolute atomic E-state index is 0.0102. The summed E-state index contributed by atoms with van der Waals surface area (Å²) in [5.41, 5.74) is 2.54. The number of aromatic nitrogens is 5. The zero-order valence-electron chi connectivity index (χ0n) is 15.3. The molecule has 0 saturated carbocycles. The molecule has 1 saturated heterocycles. The van der Waals surface area contributed by atoms with E-state index < -0.39 is 0 Å². The summed E-state index contributed by atoms with van der Waals surface area (Å²) in [6.07, 6.45) is 10.6. The molecule has 1 aliphatic rings. The first-order chi connectivity index (χ1) is 13.2. The molecule has 138 valence electrons. The second-order valence-electron chi connectivity index (χ2n) is 6.90. The fraction of sp³-hybridized carbons (Fsp3) is 0.350. The van der Waals surface area contributed by atoms with Crippen LogP contribution < -0.4 is 10.5 Å². The van der Waals surface area contributed by atoms with Gasteiger partial charge in [-0.25, -0.2) is 9.97 Å². The molecule has 4 rings (SSSR count). The SMILES string of the molecule is Cc1nccnc1N1CCC(Cn2cnc(-c3ccncc3)cc2=O)CC1. The standard InChI is InChI=1S/C20H22N6O/c1-15-20(23-9-8-22-15)25-10-4-16(5-11-25)13-26-14-24-18(12-19(26)27)17-2-6-21-7-3-17/h2-3,6-9,12,14,16H,4-5,10-11,13H2,1H3. The number of hydrogen-bond donors (Lipinski definition) is 0. The molecule has 7 heteroatoms. The molecule has 1 fully saturated rings. The summed E-state index contributed by atoms with van der Waals surface area (Å²) in [4.78, 5) is 32.0. The summed E-state index contributed by atoms with van der Waals surface area (Å²) in [7, 11) is 0. The maximum absolute atomic E-state index is 12.5. The van der Waals surface area contributed by atoms with Crippen molar-refractivity contribution in [2.24, 2.45) is 5.92 Å². The molecule has 3 aromatic heterocycles. The monoisotopic (exact) mass is 362 g/mol. The van der Waals surface area contributed by atoms with Crippen molar-refractivity contribution in [1.82, 2.24) is 24.5 Å². The van der Waals surface area contributed by atoms with Crippen molar-refractivity contribution < 1.29 is 0 Å². The van der Waals surface area contributed by atoms with E-state index in [4.69, 9.17) is 0 Å². The third-order valence-electron chi connectivity index (χ3n) is 5.08. The van der Waals surface area contributed by atoms with Crippen molar-refractivity contribution >= 4 is 5.82 Å². The molecule has 0 radical (unpaired) electrons. The molecule has 1 aliphatic heterocycles. The van der Waals surface area contributed by atoms with Gasteiger partial charge in [0.2, 0.25) is 0 Å². The van der Waals surface area contributed by atoms with E-state index in [9.17, 15) is 4.79 Å². The predicted octanol–water partition coefficient (Wildman–Crippen LogP) is 2.32. The molecule has 0 atom stereocenters. The van der Waals surface area contributed by atoms with Gasteiger partial charge in [-0.15, -0.1) is 0 Å². The van der Waals surface area contributed by atoms with Crippen molar-refractivity contribution in [2.45, 2.75) is 26.3 Å². The predicted molar refractivity (Wildman–Crippen MR) is 103 cm³/mol. The summed E-state index contributed by atoms with van der Waals surface area (Å²) in [5, 5.41) is 0. The summed E-state index contributed by atoms with van der Waals surface area (Å²) in [6, 6.07) is 5.32. The molecule has 0 spiro atoms. The van der Waals surface area contributed by atoms with Crippen molar-refractivity contribution in [3.8, 4) is 11.3 Å². The third-order valence-corrected chi connectivity index (χ3v) is 5.08. The molecular weight excluding hydrogens is 340 g/mol. The van der Waals surface area contributed by atoms with Gasteiger partial charge in [-0.1, -0.05) is 0 Å². The van der Waals surface area contributed by atoms with Crippen LogP contribution in [0.3, 0.4) is 0 Å². The molecule has 0 aliphatic carbocycles. The molecule has 4 heterocycles. The first-order valence-corrected chi connectivity index (χ1v) is 9.20. The Morgan fingerprint density at radius 1 is 1.04 bits per heavy atom. The lowest BCUT2D eigenvalue weighted by atomic mass is 9.96. The Balaban J connectivity index is 1.41. The quantitative estimate of drug-likeness (QED) is 0.709. The smallest absolute Gasteiger partial charge is 0.253 e. The van der Waals surface area contributed by atoms with E-state index in [1.54, 1.807) is 41.7 Å². The number of nitrogens with zero attached hydrogens (tertiary/aromatic N) is 6. The van der Waals surface area contributed by atoms with Gasteiger partial charge in [0.1, 0.15) is 5.82 Å². The van der Waals surface area contributed by atoms with Crippen LogP contribution in [0.4, 0.5) is 5.82 Å². The molecule has 0 aromatic carbocycles. The first-order valence-electron chi connectivity index (χ1n) is 9.20. The summed E-state index contributed by atoms with van der Waals surface area (Å²) in [5.74, 6) is 1.43. The van der Waals surface area contributed by atoms with Gasteiger partial charge in [0.15, 0.2) is 0 Å². The maximum Gasteiger partial charge on any atom is 0.253 e. The van der Waals surface area contributed by atoms with E-state index in [2.05, 4.69) is 24.8 Å². The van der Waals surface area contributed by atoms with Crippen LogP contribution in [0, 0.1) is 12.8 Å². The number of hydrogen-bond acceptors (Lipinski definition) is 6. The molecule has 3 aromatic rings. The number of rotatable bonds is 4. The van der Waals surface area contributed by atoms with Gasteiger partial charge in [-0.2, -0.15) is 0 Å². The van der Waals surface area contributed by atoms with Gasteiger partial charge in [0.05, 0.1) is 17.7 Å². The van der Waals surface area contributed by atoms with Crippen LogP contribution >= 0.6 is 0 Å². The fourth-order valence-corrected chi connectivity index (χ4v) is 3.56. The maximum atomic E-state index is 12.5. The van der Waals surface area contributed by atoms with E-state index in [0.29, 0.717) is 18.2 Å². The minimum atomic E-state index is -0.0102. The zero-order valence-corrected chi connectivity index (χ0v) is 15.3. The second kappa shape index (κ2) is 7.65. The van der Waals surface area contributed by atoms with E-state index in [0.717, 1.165) is 43.0 Å². The van der Waals surface area contributed by atoms with Crippen molar-refractivity contribution in [1.29, 1.82) is 0 Å². The van der Waals surface area contributed by atoms with E-state index in [1.165, 1.54) is 0 Å². The molecular formula is C20H22N6O. The topological polar surface area (TPSA) is 76.8 Å². The molecule has 0 amide bonds. The van der Waals surface area contributed by atoms with Crippen LogP contribution in [0.2, 0.25) is 0 Å². The van der Waals surface area contributed by atoms with Crippen LogP contribution in [0.1, 0.15) is 18.5 Å². The van der Waals surface area contributed by atoms with Crippen molar-refractivity contribution in [2.75, 3.05) is 18.0 Å². The summed E-state index contributed by atoms with van der Waals surface area (Å²) in [6.45, 7) is 4.56. The largest absolute Gasteiger partial charge is 0.355 e. The van der Waals surface area contributed by atoms with Gasteiger partial charge in [0, 0.05) is 56.1 Å². The van der Waals surface area contributed by atoms with Crippen LogP contribution in [0.25, 0.3) is 11.3 Å². The number of aryl methyl sites for hydroxylation is 1. The number of piperidine rings is 1. The third kappa shape index (κ3) is 3.86. The molecule has 0 unspecified atom stereocenters. The Morgan fingerprint density at radius 3 is 2.48 bits per heavy atom. The lowest BCUT2D eigenvalue weighted by Crippen LogP contribution is -2.37. The van der Waals surface area contributed by atoms with Crippen LogP contribution in [0.5, 0.6) is 0 Å². The van der Waals surface area contributed by atoms with Gasteiger partial charge in [-0.05, 0) is 37.8 Å².